The molecule has 1 aromatic rings. The van der Waals surface area contributed by atoms with E-state index in [2.05, 4.69) is 0 Å². The fourth-order valence-corrected chi connectivity index (χ4v) is 1.56. The van der Waals surface area contributed by atoms with Crippen LogP contribution in [0.3, 0.4) is 0 Å². The molecule has 2 rings (SSSR count). The van der Waals surface area contributed by atoms with Gasteiger partial charge in [-0.25, -0.2) is 0 Å². The molecule has 6 nitrogen and oxygen atoms in total. The number of hydrogen-bond acceptors (Lipinski definition) is 5. The zero-order valence-corrected chi connectivity index (χ0v) is 8.76. The SMILES string of the molecule is O=[N+]([O-])c1ccc(COC2CCCCO2)o1. The molecule has 0 N–H and O–H groups in total. The van der Waals surface area contributed by atoms with Gasteiger partial charge in [0.15, 0.2) is 6.29 Å². The Morgan fingerprint density at radius 1 is 1.50 bits per heavy atom. The fourth-order valence-electron chi connectivity index (χ4n) is 1.56. The Labute approximate surface area is 92.3 Å². The molecule has 0 saturated carbocycles. The van der Waals surface area contributed by atoms with Crippen LogP contribution in [0.5, 0.6) is 0 Å². The molecule has 1 unspecified atom stereocenters. The molecule has 0 aromatic carbocycles. The molecule has 1 aliphatic heterocycles. The van der Waals surface area contributed by atoms with Crippen molar-refractivity contribution in [1.29, 1.82) is 0 Å². The summed E-state index contributed by atoms with van der Waals surface area (Å²) in [7, 11) is 0. The highest BCUT2D eigenvalue weighted by molar-refractivity contribution is 5.17. The predicted octanol–water partition coefficient (Wildman–Crippen LogP) is 2.23. The molecule has 1 fully saturated rings. The monoisotopic (exact) mass is 227 g/mol. The molecule has 1 atom stereocenters. The van der Waals surface area contributed by atoms with Crippen LogP contribution < -0.4 is 0 Å². The number of rotatable bonds is 4. The molecule has 1 saturated heterocycles. The zero-order chi connectivity index (χ0) is 11.4. The van der Waals surface area contributed by atoms with E-state index < -0.39 is 4.92 Å². The molecule has 1 aromatic heterocycles. The van der Waals surface area contributed by atoms with E-state index >= 15 is 0 Å². The quantitative estimate of drug-likeness (QED) is 0.582. The van der Waals surface area contributed by atoms with Crippen molar-refractivity contribution in [1.82, 2.24) is 0 Å². The standard InChI is InChI=1S/C10H13NO5/c12-11(13)9-5-4-8(16-9)7-15-10-3-1-2-6-14-10/h4-5,10H,1-3,6-7H2. The van der Waals surface area contributed by atoms with Gasteiger partial charge in [0.1, 0.15) is 17.3 Å². The van der Waals surface area contributed by atoms with Crippen LogP contribution in [0.4, 0.5) is 5.88 Å². The van der Waals surface area contributed by atoms with E-state index in [-0.39, 0.29) is 18.8 Å². The average Bonchev–Trinajstić information content (AvgIpc) is 2.76. The smallest absolute Gasteiger partial charge is 0.403 e. The zero-order valence-electron chi connectivity index (χ0n) is 8.76. The molecule has 0 spiro atoms. The van der Waals surface area contributed by atoms with Gasteiger partial charge in [0.25, 0.3) is 0 Å². The Kier molecular flexibility index (Phi) is 3.53. The third-order valence-electron chi connectivity index (χ3n) is 2.38. The first-order valence-corrected chi connectivity index (χ1v) is 5.22. The maximum atomic E-state index is 10.4. The van der Waals surface area contributed by atoms with Crippen LogP contribution in [-0.2, 0) is 16.1 Å². The summed E-state index contributed by atoms with van der Waals surface area (Å²) in [6.07, 6.45) is 2.80. The summed E-state index contributed by atoms with van der Waals surface area (Å²) < 4.78 is 15.7. The van der Waals surface area contributed by atoms with Crippen molar-refractivity contribution in [2.45, 2.75) is 32.2 Å². The van der Waals surface area contributed by atoms with Gasteiger partial charge >= 0.3 is 5.88 Å². The lowest BCUT2D eigenvalue weighted by molar-refractivity contribution is -0.402. The maximum absolute atomic E-state index is 10.4. The van der Waals surface area contributed by atoms with Crippen molar-refractivity contribution >= 4 is 5.88 Å². The van der Waals surface area contributed by atoms with Crippen LogP contribution in [0.15, 0.2) is 16.5 Å². The van der Waals surface area contributed by atoms with E-state index in [9.17, 15) is 10.1 Å². The van der Waals surface area contributed by atoms with Crippen LogP contribution in [0.2, 0.25) is 0 Å². The van der Waals surface area contributed by atoms with Crippen LogP contribution >= 0.6 is 0 Å². The molecule has 0 radical (unpaired) electrons. The predicted molar refractivity (Wildman–Crippen MR) is 53.7 cm³/mol. The van der Waals surface area contributed by atoms with Crippen LogP contribution in [0, 0.1) is 10.1 Å². The first kappa shape index (κ1) is 11.1. The topological polar surface area (TPSA) is 74.7 Å². The van der Waals surface area contributed by atoms with Gasteiger partial charge in [0, 0.05) is 6.61 Å². The molecule has 0 amide bonds. The van der Waals surface area contributed by atoms with Gasteiger partial charge in [-0.2, -0.15) is 0 Å². The Morgan fingerprint density at radius 3 is 3.00 bits per heavy atom. The Balaban J connectivity index is 1.81. The van der Waals surface area contributed by atoms with Crippen molar-refractivity contribution in [3.63, 3.8) is 0 Å². The van der Waals surface area contributed by atoms with Gasteiger partial charge in [0.2, 0.25) is 0 Å². The largest absolute Gasteiger partial charge is 0.433 e. The maximum Gasteiger partial charge on any atom is 0.433 e. The van der Waals surface area contributed by atoms with Crippen LogP contribution in [0.1, 0.15) is 25.0 Å². The van der Waals surface area contributed by atoms with Crippen molar-refractivity contribution < 1.29 is 18.8 Å². The summed E-state index contributed by atoms with van der Waals surface area (Å²) >= 11 is 0. The normalized spacial score (nSPS) is 20.9. The van der Waals surface area contributed by atoms with E-state index in [1.54, 1.807) is 6.07 Å². The third-order valence-corrected chi connectivity index (χ3v) is 2.38. The van der Waals surface area contributed by atoms with Crippen LogP contribution in [-0.4, -0.2) is 17.8 Å². The molecule has 88 valence electrons. The third kappa shape index (κ3) is 2.80. The Hall–Kier alpha value is -1.40. The lowest BCUT2D eigenvalue weighted by atomic mass is 10.2. The van der Waals surface area contributed by atoms with Gasteiger partial charge in [0.05, 0.1) is 6.07 Å². The minimum atomic E-state index is -0.569. The molecule has 1 aliphatic rings. The van der Waals surface area contributed by atoms with Gasteiger partial charge in [-0.3, -0.25) is 10.1 Å². The minimum Gasteiger partial charge on any atom is -0.403 e. The van der Waals surface area contributed by atoms with Gasteiger partial charge in [-0.15, -0.1) is 0 Å². The van der Waals surface area contributed by atoms with Crippen molar-refractivity contribution in [2.75, 3.05) is 6.61 Å². The summed E-state index contributed by atoms with van der Waals surface area (Å²) in [5.74, 6) is 0.184. The lowest BCUT2D eigenvalue weighted by Crippen LogP contribution is -2.21. The summed E-state index contributed by atoms with van der Waals surface area (Å²) in [5.41, 5.74) is 0. The summed E-state index contributed by atoms with van der Waals surface area (Å²) in [5, 5.41) is 10.4. The van der Waals surface area contributed by atoms with Crippen molar-refractivity contribution in [2.24, 2.45) is 0 Å². The minimum absolute atomic E-state index is 0.207. The molecule has 0 bridgehead atoms. The second-order valence-corrected chi connectivity index (χ2v) is 3.60. The van der Waals surface area contributed by atoms with Crippen molar-refractivity contribution in [3.05, 3.63) is 28.0 Å². The summed E-state index contributed by atoms with van der Waals surface area (Å²) in [6, 6.07) is 2.86. The van der Waals surface area contributed by atoms with E-state index in [1.165, 1.54) is 6.07 Å². The van der Waals surface area contributed by atoms with Gasteiger partial charge in [-0.1, -0.05) is 0 Å². The second-order valence-electron chi connectivity index (χ2n) is 3.60. The molecular formula is C10H13NO5. The number of nitrogens with zero attached hydrogens (tertiary/aromatic N) is 1. The lowest BCUT2D eigenvalue weighted by Gasteiger charge is -2.21. The van der Waals surface area contributed by atoms with Crippen LogP contribution in [0.25, 0.3) is 0 Å². The molecular weight excluding hydrogens is 214 g/mol. The second kappa shape index (κ2) is 5.09. The Morgan fingerprint density at radius 2 is 2.38 bits per heavy atom. The number of ether oxygens (including phenoxy) is 2. The Bertz CT molecular complexity index is 356. The van der Waals surface area contributed by atoms with E-state index in [0.717, 1.165) is 19.3 Å². The number of furan rings is 1. The van der Waals surface area contributed by atoms with E-state index in [4.69, 9.17) is 13.9 Å². The van der Waals surface area contributed by atoms with Gasteiger partial charge in [-0.05, 0) is 25.3 Å². The summed E-state index contributed by atoms with van der Waals surface area (Å²) in [4.78, 5) is 9.80. The fraction of sp³-hybridized carbons (Fsp3) is 0.600. The molecule has 0 aliphatic carbocycles. The highest BCUT2D eigenvalue weighted by atomic mass is 16.7. The van der Waals surface area contributed by atoms with Crippen molar-refractivity contribution in [3.8, 4) is 0 Å². The molecule has 16 heavy (non-hydrogen) atoms. The first-order valence-electron chi connectivity index (χ1n) is 5.22. The highest BCUT2D eigenvalue weighted by Gasteiger charge is 2.16. The van der Waals surface area contributed by atoms with E-state index in [0.29, 0.717) is 12.4 Å². The number of nitro groups is 1. The van der Waals surface area contributed by atoms with E-state index in [1.807, 2.05) is 0 Å². The van der Waals surface area contributed by atoms with Gasteiger partial charge < -0.3 is 13.9 Å². The highest BCUT2D eigenvalue weighted by Crippen LogP contribution is 2.19. The molecule has 2 heterocycles. The summed E-state index contributed by atoms with van der Waals surface area (Å²) in [6.45, 7) is 0.918. The first-order chi connectivity index (χ1) is 7.75. The average molecular weight is 227 g/mol. The molecule has 6 heteroatoms. The number of hydrogen-bond donors (Lipinski definition) is 0.